The maximum atomic E-state index is 13.2. The third-order valence-electron chi connectivity index (χ3n) is 6.33. The molecule has 0 saturated heterocycles. The number of Topliss-reactive ketones (excluding diaryl/α,β-unsaturated/α-hetero) is 1. The van der Waals surface area contributed by atoms with Gasteiger partial charge in [0.05, 0.1) is 12.2 Å². The predicted molar refractivity (Wildman–Crippen MR) is 134 cm³/mol. The molecule has 180 valence electrons. The second-order valence-electron chi connectivity index (χ2n) is 9.12. The lowest BCUT2D eigenvalue weighted by Gasteiger charge is -2.29. The molecule has 0 fully saturated rings. The fourth-order valence-electron chi connectivity index (χ4n) is 4.57. The number of aromatic nitrogens is 1. The van der Waals surface area contributed by atoms with Crippen LogP contribution in [0.5, 0.6) is 5.75 Å². The highest BCUT2D eigenvalue weighted by Gasteiger charge is 2.24. The quantitative estimate of drug-likeness (QED) is 0.441. The van der Waals surface area contributed by atoms with Crippen LogP contribution in [0.2, 0.25) is 0 Å². The van der Waals surface area contributed by atoms with Gasteiger partial charge in [0.2, 0.25) is 0 Å². The van der Waals surface area contributed by atoms with E-state index >= 15 is 0 Å². The average Bonchev–Trinajstić information content (AvgIpc) is 3.22. The van der Waals surface area contributed by atoms with Gasteiger partial charge in [-0.15, -0.1) is 0 Å². The highest BCUT2D eigenvalue weighted by Crippen LogP contribution is 2.33. The van der Waals surface area contributed by atoms with E-state index in [2.05, 4.69) is 5.32 Å². The van der Waals surface area contributed by atoms with Gasteiger partial charge in [-0.25, -0.2) is 0 Å². The largest absolute Gasteiger partial charge is 0.490 e. The van der Waals surface area contributed by atoms with Crippen molar-refractivity contribution in [1.29, 1.82) is 0 Å². The zero-order chi connectivity index (χ0) is 24.5. The summed E-state index contributed by atoms with van der Waals surface area (Å²) in [4.78, 5) is 41.8. The normalized spacial score (nSPS) is 15.2. The number of fused-ring (bicyclic) bond motifs is 4. The van der Waals surface area contributed by atoms with E-state index in [1.807, 2.05) is 72.1 Å². The van der Waals surface area contributed by atoms with Crippen LogP contribution in [0.3, 0.4) is 0 Å². The summed E-state index contributed by atoms with van der Waals surface area (Å²) in [5, 5.41) is 3.79. The van der Waals surface area contributed by atoms with E-state index < -0.39 is 0 Å². The number of hydrogen-bond acceptors (Lipinski definition) is 5. The van der Waals surface area contributed by atoms with E-state index in [9.17, 15) is 14.4 Å². The van der Waals surface area contributed by atoms with Crippen LogP contribution in [0.4, 0.5) is 5.69 Å². The molecule has 35 heavy (non-hydrogen) atoms. The summed E-state index contributed by atoms with van der Waals surface area (Å²) in [7, 11) is 3.89. The zero-order valence-corrected chi connectivity index (χ0v) is 19.9. The van der Waals surface area contributed by atoms with Gasteiger partial charge in [-0.1, -0.05) is 24.3 Å². The molecule has 2 amide bonds. The Morgan fingerprint density at radius 3 is 2.80 bits per heavy atom. The van der Waals surface area contributed by atoms with Crippen molar-refractivity contribution in [2.45, 2.75) is 13.0 Å². The van der Waals surface area contributed by atoms with E-state index in [4.69, 9.17) is 4.74 Å². The first-order chi connectivity index (χ1) is 16.9. The van der Waals surface area contributed by atoms with Crippen molar-refractivity contribution in [2.24, 2.45) is 0 Å². The number of hydrogen-bond donors (Lipinski definition) is 1. The first-order valence-electron chi connectivity index (χ1n) is 11.7. The van der Waals surface area contributed by atoms with Gasteiger partial charge >= 0.3 is 0 Å². The van der Waals surface area contributed by atoms with Crippen LogP contribution in [0.25, 0.3) is 10.9 Å². The fraction of sp³-hybridized carbons (Fsp3) is 0.296. The van der Waals surface area contributed by atoms with Gasteiger partial charge in [0.25, 0.3) is 11.8 Å². The fourth-order valence-corrected chi connectivity index (χ4v) is 4.57. The maximum absolute atomic E-state index is 13.2. The van der Waals surface area contributed by atoms with Crippen molar-refractivity contribution in [2.75, 3.05) is 45.2 Å². The van der Waals surface area contributed by atoms with Gasteiger partial charge < -0.3 is 24.4 Å². The van der Waals surface area contributed by atoms with Crippen molar-refractivity contribution >= 4 is 34.2 Å². The van der Waals surface area contributed by atoms with Gasteiger partial charge in [-0.3, -0.25) is 14.4 Å². The average molecular weight is 473 g/mol. The summed E-state index contributed by atoms with van der Waals surface area (Å²) in [6, 6.07) is 13.0. The van der Waals surface area contributed by atoms with Crippen molar-refractivity contribution in [3.8, 4) is 5.75 Å². The highest BCUT2D eigenvalue weighted by atomic mass is 16.5. The number of nitrogens with zero attached hydrogens (tertiary/aromatic N) is 3. The molecule has 2 aliphatic heterocycles. The van der Waals surface area contributed by atoms with Crippen LogP contribution in [0, 0.1) is 0 Å². The maximum Gasteiger partial charge on any atom is 0.268 e. The summed E-state index contributed by atoms with van der Waals surface area (Å²) < 4.78 is 7.71. The topological polar surface area (TPSA) is 83.9 Å². The molecule has 1 aromatic heterocycles. The second kappa shape index (κ2) is 9.38. The Hall–Kier alpha value is -3.91. The van der Waals surface area contributed by atoms with Crippen molar-refractivity contribution in [1.82, 2.24) is 14.8 Å². The first kappa shape index (κ1) is 22.9. The second-order valence-corrected chi connectivity index (χ2v) is 9.12. The van der Waals surface area contributed by atoms with Crippen molar-refractivity contribution < 1.29 is 19.1 Å². The molecule has 0 spiro atoms. The van der Waals surface area contributed by atoms with Crippen LogP contribution in [0.1, 0.15) is 26.4 Å². The van der Waals surface area contributed by atoms with Gasteiger partial charge in [0.1, 0.15) is 18.1 Å². The molecule has 0 atom stereocenters. The minimum absolute atomic E-state index is 0.0249. The summed E-state index contributed by atoms with van der Waals surface area (Å²) in [5.41, 5.74) is 3.60. The van der Waals surface area contributed by atoms with Crippen LogP contribution < -0.4 is 15.0 Å². The third kappa shape index (κ3) is 4.57. The Morgan fingerprint density at radius 1 is 1.11 bits per heavy atom. The van der Waals surface area contributed by atoms with Crippen molar-refractivity contribution in [3.63, 3.8) is 0 Å². The Labute approximate surface area is 203 Å². The number of benzene rings is 2. The smallest absolute Gasteiger partial charge is 0.268 e. The molecule has 0 aliphatic carbocycles. The number of likely N-dealkylation sites (N-methyl/N-ethyl adjacent to an activating group) is 1. The molecule has 0 saturated carbocycles. The molecular weight excluding hydrogens is 444 g/mol. The Kier molecular flexibility index (Phi) is 6.13. The number of rotatable bonds is 6. The lowest BCUT2D eigenvalue weighted by molar-refractivity contribution is -0.114. The number of ether oxygens (including phenoxy) is 1. The van der Waals surface area contributed by atoms with E-state index in [1.54, 1.807) is 11.0 Å². The van der Waals surface area contributed by atoms with Gasteiger partial charge in [0, 0.05) is 48.6 Å². The summed E-state index contributed by atoms with van der Waals surface area (Å²) >= 11 is 0. The number of nitrogens with one attached hydrogen (secondary N) is 1. The predicted octanol–water partition coefficient (Wildman–Crippen LogP) is 2.65. The lowest BCUT2D eigenvalue weighted by atomic mass is 10.0. The minimum Gasteiger partial charge on any atom is -0.490 e. The third-order valence-corrected chi connectivity index (χ3v) is 6.33. The summed E-state index contributed by atoms with van der Waals surface area (Å²) in [6.45, 7) is 2.82. The molecule has 0 bridgehead atoms. The van der Waals surface area contributed by atoms with E-state index in [-0.39, 0.29) is 24.0 Å². The molecule has 2 aromatic carbocycles. The number of anilines is 1. The van der Waals surface area contributed by atoms with Crippen LogP contribution in [0.15, 0.2) is 54.6 Å². The molecule has 3 heterocycles. The van der Waals surface area contributed by atoms with E-state index in [0.717, 1.165) is 16.5 Å². The lowest BCUT2D eigenvalue weighted by Crippen LogP contribution is -2.37. The molecular formula is C27H28N4O4. The Balaban J connectivity index is 1.37. The summed E-state index contributed by atoms with van der Waals surface area (Å²) in [6.07, 6.45) is 3.62. The van der Waals surface area contributed by atoms with Gasteiger partial charge in [0.15, 0.2) is 5.78 Å². The Morgan fingerprint density at radius 2 is 1.97 bits per heavy atom. The minimum atomic E-state index is -0.104. The number of amides is 2. The molecule has 1 N–H and O–H groups in total. The molecule has 5 rings (SSSR count). The molecule has 8 heteroatoms. The van der Waals surface area contributed by atoms with Crippen LogP contribution in [-0.2, 0) is 17.8 Å². The van der Waals surface area contributed by atoms with Crippen LogP contribution >= 0.6 is 0 Å². The van der Waals surface area contributed by atoms with E-state index in [1.165, 1.54) is 0 Å². The molecule has 0 unspecified atom stereocenters. The molecule has 3 aromatic rings. The number of carbonyl (C=O) groups excluding carboxylic acids is 3. The molecule has 0 radical (unpaired) electrons. The van der Waals surface area contributed by atoms with Crippen LogP contribution in [-0.4, -0.2) is 67.4 Å². The van der Waals surface area contributed by atoms with Gasteiger partial charge in [-0.05, 0) is 43.9 Å². The molecule has 2 aliphatic rings. The first-order valence-corrected chi connectivity index (χ1v) is 11.7. The number of ketones is 1. The monoisotopic (exact) mass is 472 g/mol. The highest BCUT2D eigenvalue weighted by molar-refractivity contribution is 6.05. The Bertz CT molecular complexity index is 1350. The van der Waals surface area contributed by atoms with Gasteiger partial charge in [-0.2, -0.15) is 0 Å². The van der Waals surface area contributed by atoms with Crippen molar-refractivity contribution in [3.05, 3.63) is 71.4 Å². The molecule has 8 nitrogen and oxygen atoms in total. The zero-order valence-electron chi connectivity index (χ0n) is 19.9. The number of carbonyl (C=O) groups is 3. The SMILES string of the molecule is CN(C)C/C=C/C(=O)N1CCOc2ccc(CC(=O)c3ccc4cc5n(c4c3)CCNC5=O)cc21. The summed E-state index contributed by atoms with van der Waals surface area (Å²) in [5.74, 6) is 0.420. The van der Waals surface area contributed by atoms with E-state index in [0.29, 0.717) is 55.5 Å². The standard InChI is InChI=1S/C27H28N4O4/c1-29(2)10-3-4-26(33)31-12-13-35-25-8-5-18(14-22(25)31)15-24(32)20-7-6-19-16-23-27(34)28-9-11-30(23)21(19)17-20/h3-8,14,16-17H,9-13,15H2,1-2H3,(H,28,34)/b4-3+.